The Morgan fingerprint density at radius 2 is 1.97 bits per heavy atom. The van der Waals surface area contributed by atoms with Crippen molar-refractivity contribution in [3.8, 4) is 17.0 Å². The molecule has 202 valence electrons. The molecule has 12 heteroatoms. The average molecular weight is 525 g/mol. The summed E-state index contributed by atoms with van der Waals surface area (Å²) in [4.78, 5) is 20.9. The maximum atomic E-state index is 12.9. The summed E-state index contributed by atoms with van der Waals surface area (Å²) in [7, 11) is 0. The Labute approximate surface area is 213 Å². The molecule has 2 aliphatic rings. The van der Waals surface area contributed by atoms with Crippen LogP contribution in [0.25, 0.3) is 11.1 Å². The Bertz CT molecular complexity index is 1080. The van der Waals surface area contributed by atoms with Crippen LogP contribution in [0.1, 0.15) is 12.0 Å². The molecule has 3 heterocycles. The van der Waals surface area contributed by atoms with E-state index in [9.17, 15) is 23.1 Å². The molecule has 0 aliphatic carbocycles. The van der Waals surface area contributed by atoms with E-state index >= 15 is 0 Å². The van der Waals surface area contributed by atoms with Crippen molar-refractivity contribution in [1.82, 2.24) is 9.88 Å². The fourth-order valence-electron chi connectivity index (χ4n) is 4.32. The summed E-state index contributed by atoms with van der Waals surface area (Å²) in [6.07, 6.45) is -6.54. The number of aliphatic hydroxyl groups is 1. The molecule has 1 atom stereocenters. The van der Waals surface area contributed by atoms with Crippen molar-refractivity contribution in [2.75, 3.05) is 69.4 Å². The minimum absolute atomic E-state index is 0.0469. The van der Waals surface area contributed by atoms with Crippen LogP contribution in [0.2, 0.25) is 0 Å². The molecule has 1 aromatic carbocycles. The minimum atomic E-state index is -4.36. The summed E-state index contributed by atoms with van der Waals surface area (Å²) in [6.45, 7) is 4.54. The molecule has 2 N–H and O–H groups in total. The molecule has 0 spiro atoms. The number of urea groups is 1. The number of carbonyl (C=O) groups excluding carboxylic acids is 1. The maximum Gasteiger partial charge on any atom is 0.391 e. The highest BCUT2D eigenvalue weighted by Gasteiger charge is 2.35. The first-order valence-corrected chi connectivity index (χ1v) is 12.2. The van der Waals surface area contributed by atoms with Gasteiger partial charge in [0, 0.05) is 37.9 Å². The monoisotopic (exact) mass is 524 g/mol. The van der Waals surface area contributed by atoms with Crippen LogP contribution in [-0.4, -0.2) is 92.5 Å². The zero-order valence-electron chi connectivity index (χ0n) is 20.6. The number of alkyl halides is 3. The number of hydrogen-bond acceptors (Lipinski definition) is 7. The van der Waals surface area contributed by atoms with E-state index in [1.54, 1.807) is 12.1 Å². The van der Waals surface area contributed by atoms with E-state index in [0.29, 0.717) is 43.7 Å². The van der Waals surface area contributed by atoms with Gasteiger partial charge in [-0.2, -0.15) is 18.2 Å². The first-order chi connectivity index (χ1) is 17.7. The smallest absolute Gasteiger partial charge is 0.391 e. The van der Waals surface area contributed by atoms with Gasteiger partial charge in [-0.1, -0.05) is 6.07 Å². The molecule has 0 bridgehead atoms. The summed E-state index contributed by atoms with van der Waals surface area (Å²) in [5, 5.41) is 12.0. The number of pyridine rings is 1. The number of carbonyl (C=O) groups is 1. The highest BCUT2D eigenvalue weighted by atomic mass is 19.4. The number of aliphatic hydroxyl groups excluding tert-OH is 1. The van der Waals surface area contributed by atoms with E-state index in [0.717, 1.165) is 16.7 Å². The van der Waals surface area contributed by atoms with Crippen LogP contribution < -0.4 is 15.0 Å². The summed E-state index contributed by atoms with van der Waals surface area (Å²) < 4.78 is 54.6. The number of nitrogens with one attached hydrogen (secondary N) is 1. The number of aromatic nitrogens is 1. The fraction of sp³-hybridized carbons (Fsp3) is 0.520. The Morgan fingerprint density at radius 3 is 2.70 bits per heavy atom. The number of aryl methyl sites for hydroxylation is 1. The second-order valence-corrected chi connectivity index (χ2v) is 8.94. The minimum Gasteiger partial charge on any atom is -0.475 e. The van der Waals surface area contributed by atoms with Crippen molar-refractivity contribution in [2.24, 2.45) is 0 Å². The number of benzene rings is 1. The fourth-order valence-corrected chi connectivity index (χ4v) is 4.32. The first-order valence-electron chi connectivity index (χ1n) is 12.2. The van der Waals surface area contributed by atoms with Gasteiger partial charge in [0.05, 0.1) is 39.0 Å². The summed E-state index contributed by atoms with van der Waals surface area (Å²) >= 11 is 0. The Balaban J connectivity index is 1.54. The lowest BCUT2D eigenvalue weighted by atomic mass is 10.0. The molecular weight excluding hydrogens is 493 g/mol. The number of morpholine rings is 2. The predicted octanol–water partition coefficient (Wildman–Crippen LogP) is 3.45. The van der Waals surface area contributed by atoms with Crippen LogP contribution in [0.15, 0.2) is 30.3 Å². The van der Waals surface area contributed by atoms with Gasteiger partial charge in [0.1, 0.15) is 12.4 Å². The van der Waals surface area contributed by atoms with Crippen molar-refractivity contribution in [3.63, 3.8) is 0 Å². The van der Waals surface area contributed by atoms with Crippen LogP contribution in [0.5, 0.6) is 5.88 Å². The molecule has 9 nitrogen and oxygen atoms in total. The maximum absolute atomic E-state index is 12.9. The number of halogens is 3. The van der Waals surface area contributed by atoms with Gasteiger partial charge in [0.2, 0.25) is 5.88 Å². The summed E-state index contributed by atoms with van der Waals surface area (Å²) in [5.41, 5.74) is 3.10. The molecule has 0 saturated carbocycles. The standard InChI is InChI=1S/C25H31F3N4O5/c1-17-2-3-19(29-24(34)32-6-10-36-20(16-32)15-25(26,27)28)14-21(17)18-12-22(31-4-8-35-9-5-31)30-23(13-18)37-11-7-33/h2-3,12-14,20,33H,4-11,15-16H2,1H3,(H,29,34). The summed E-state index contributed by atoms with van der Waals surface area (Å²) in [5.74, 6) is 1.08. The third-order valence-electron chi connectivity index (χ3n) is 6.15. The molecule has 37 heavy (non-hydrogen) atoms. The molecule has 2 aliphatic heterocycles. The van der Waals surface area contributed by atoms with E-state index < -0.39 is 24.7 Å². The topological polar surface area (TPSA) is 96.4 Å². The van der Waals surface area contributed by atoms with E-state index in [4.69, 9.17) is 14.2 Å². The number of ether oxygens (including phenoxy) is 3. The van der Waals surface area contributed by atoms with Crippen molar-refractivity contribution in [2.45, 2.75) is 25.6 Å². The van der Waals surface area contributed by atoms with Gasteiger partial charge >= 0.3 is 12.2 Å². The summed E-state index contributed by atoms with van der Waals surface area (Å²) in [6, 6.07) is 8.65. The van der Waals surface area contributed by atoms with Gasteiger partial charge in [-0.05, 0) is 41.8 Å². The molecule has 4 rings (SSSR count). The van der Waals surface area contributed by atoms with Crippen LogP contribution in [-0.2, 0) is 9.47 Å². The highest BCUT2D eigenvalue weighted by Crippen LogP contribution is 2.32. The van der Waals surface area contributed by atoms with Gasteiger partial charge in [0.15, 0.2) is 0 Å². The molecule has 1 aromatic heterocycles. The lowest BCUT2D eigenvalue weighted by Gasteiger charge is -2.33. The molecule has 2 aromatic rings. The zero-order chi connectivity index (χ0) is 26.4. The van der Waals surface area contributed by atoms with Crippen molar-refractivity contribution in [3.05, 3.63) is 35.9 Å². The second-order valence-electron chi connectivity index (χ2n) is 8.94. The van der Waals surface area contributed by atoms with Gasteiger partial charge in [-0.15, -0.1) is 0 Å². The van der Waals surface area contributed by atoms with Crippen molar-refractivity contribution >= 4 is 17.5 Å². The lowest BCUT2D eigenvalue weighted by Crippen LogP contribution is -2.48. The number of hydrogen-bond donors (Lipinski definition) is 2. The normalized spacial score (nSPS) is 18.6. The number of anilines is 2. The lowest BCUT2D eigenvalue weighted by molar-refractivity contribution is -0.168. The van der Waals surface area contributed by atoms with E-state index in [-0.39, 0.29) is 32.9 Å². The number of nitrogens with zero attached hydrogens (tertiary/aromatic N) is 3. The van der Waals surface area contributed by atoms with Crippen LogP contribution in [0.4, 0.5) is 29.5 Å². The molecule has 1 unspecified atom stereocenters. The van der Waals surface area contributed by atoms with E-state index in [2.05, 4.69) is 15.2 Å². The average Bonchev–Trinajstić information content (AvgIpc) is 2.88. The Morgan fingerprint density at radius 1 is 1.19 bits per heavy atom. The largest absolute Gasteiger partial charge is 0.475 e. The van der Waals surface area contributed by atoms with Gasteiger partial charge in [-0.3, -0.25) is 0 Å². The molecule has 0 radical (unpaired) electrons. The first kappa shape index (κ1) is 27.0. The quantitative estimate of drug-likeness (QED) is 0.573. The highest BCUT2D eigenvalue weighted by molar-refractivity contribution is 5.90. The molecule has 2 fully saturated rings. The van der Waals surface area contributed by atoms with Gasteiger partial charge in [0.25, 0.3) is 0 Å². The zero-order valence-corrected chi connectivity index (χ0v) is 20.6. The van der Waals surface area contributed by atoms with Gasteiger partial charge < -0.3 is 34.4 Å². The molecule has 2 saturated heterocycles. The van der Waals surface area contributed by atoms with Crippen molar-refractivity contribution < 1.29 is 37.3 Å². The third kappa shape index (κ3) is 7.46. The molecular formula is C25H31F3N4O5. The third-order valence-corrected chi connectivity index (χ3v) is 6.15. The van der Waals surface area contributed by atoms with Crippen LogP contribution in [0.3, 0.4) is 0 Å². The van der Waals surface area contributed by atoms with E-state index in [1.807, 2.05) is 25.1 Å². The number of amides is 2. The van der Waals surface area contributed by atoms with Gasteiger partial charge in [-0.25, -0.2) is 4.79 Å². The SMILES string of the molecule is Cc1ccc(NC(=O)N2CCOC(CC(F)(F)F)C2)cc1-c1cc(OCCO)nc(N2CCOCC2)c1. The van der Waals surface area contributed by atoms with Crippen LogP contribution in [0, 0.1) is 6.92 Å². The Hall–Kier alpha value is -3.09. The van der Waals surface area contributed by atoms with E-state index in [1.165, 1.54) is 4.90 Å². The number of rotatable bonds is 7. The van der Waals surface area contributed by atoms with Crippen LogP contribution >= 0.6 is 0 Å². The second kappa shape index (κ2) is 12.0. The Kier molecular flexibility index (Phi) is 8.72. The molecule has 2 amide bonds. The predicted molar refractivity (Wildman–Crippen MR) is 131 cm³/mol. The van der Waals surface area contributed by atoms with Crippen molar-refractivity contribution in [1.29, 1.82) is 0 Å².